The average molecular weight is 406 g/mol. The standard InChI is InChI=1S/C23H22N2O5/c1-28-18-9-11-19(12-10-18)30-15-22(26)24-17-8-13-21(29-2)20(14-17)25-23(27)16-6-4-3-5-7-16/h3-14H,15H2,1-2H3,(H,24,26)(H,25,27). The Balaban J connectivity index is 1.63. The molecule has 0 fully saturated rings. The molecular formula is C23H22N2O5. The molecule has 0 saturated heterocycles. The zero-order valence-corrected chi connectivity index (χ0v) is 16.7. The molecule has 0 aliphatic carbocycles. The van der Waals surface area contributed by atoms with Crippen molar-refractivity contribution < 1.29 is 23.8 Å². The molecule has 0 spiro atoms. The molecule has 0 aromatic heterocycles. The second-order valence-corrected chi connectivity index (χ2v) is 6.25. The van der Waals surface area contributed by atoms with Crippen molar-refractivity contribution in [2.24, 2.45) is 0 Å². The van der Waals surface area contributed by atoms with Crippen molar-refractivity contribution in [1.29, 1.82) is 0 Å². The van der Waals surface area contributed by atoms with Crippen LogP contribution in [0, 0.1) is 0 Å². The van der Waals surface area contributed by atoms with E-state index in [4.69, 9.17) is 14.2 Å². The van der Waals surface area contributed by atoms with Crippen LogP contribution < -0.4 is 24.8 Å². The summed E-state index contributed by atoms with van der Waals surface area (Å²) in [5.41, 5.74) is 1.46. The first-order valence-corrected chi connectivity index (χ1v) is 9.20. The fourth-order valence-corrected chi connectivity index (χ4v) is 2.69. The minimum atomic E-state index is -0.337. The smallest absolute Gasteiger partial charge is 0.262 e. The SMILES string of the molecule is COc1ccc(OCC(=O)Nc2ccc(OC)c(NC(=O)c3ccccc3)c2)cc1. The molecule has 3 aromatic carbocycles. The Morgan fingerprint density at radius 3 is 2.17 bits per heavy atom. The Kier molecular flexibility index (Phi) is 6.89. The van der Waals surface area contributed by atoms with E-state index in [2.05, 4.69) is 10.6 Å². The predicted molar refractivity (Wildman–Crippen MR) is 115 cm³/mol. The maximum absolute atomic E-state index is 12.4. The summed E-state index contributed by atoms with van der Waals surface area (Å²) in [4.78, 5) is 24.7. The molecule has 0 aliphatic rings. The highest BCUT2D eigenvalue weighted by molar-refractivity contribution is 6.05. The average Bonchev–Trinajstić information content (AvgIpc) is 2.79. The Morgan fingerprint density at radius 1 is 0.800 bits per heavy atom. The molecule has 0 atom stereocenters. The molecule has 0 heterocycles. The van der Waals surface area contributed by atoms with Crippen LogP contribution in [-0.4, -0.2) is 32.6 Å². The first-order valence-electron chi connectivity index (χ1n) is 9.20. The van der Waals surface area contributed by atoms with Gasteiger partial charge in [0.05, 0.1) is 19.9 Å². The lowest BCUT2D eigenvalue weighted by Gasteiger charge is -2.13. The van der Waals surface area contributed by atoms with Crippen molar-refractivity contribution in [2.75, 3.05) is 31.5 Å². The normalized spacial score (nSPS) is 10.1. The van der Waals surface area contributed by atoms with Gasteiger partial charge in [-0.1, -0.05) is 18.2 Å². The van der Waals surface area contributed by atoms with E-state index in [-0.39, 0.29) is 18.4 Å². The molecule has 0 unspecified atom stereocenters. The highest BCUT2D eigenvalue weighted by atomic mass is 16.5. The number of amides is 2. The van der Waals surface area contributed by atoms with Gasteiger partial charge < -0.3 is 24.8 Å². The molecule has 7 heteroatoms. The van der Waals surface area contributed by atoms with Crippen LogP contribution in [0.25, 0.3) is 0 Å². The zero-order chi connectivity index (χ0) is 21.3. The molecule has 0 bridgehead atoms. The number of anilines is 2. The fourth-order valence-electron chi connectivity index (χ4n) is 2.69. The van der Waals surface area contributed by atoms with Gasteiger partial charge in [-0.2, -0.15) is 0 Å². The summed E-state index contributed by atoms with van der Waals surface area (Å²) in [5, 5.41) is 5.55. The van der Waals surface area contributed by atoms with Crippen molar-refractivity contribution in [3.8, 4) is 17.2 Å². The van der Waals surface area contributed by atoms with Gasteiger partial charge in [0.1, 0.15) is 17.2 Å². The van der Waals surface area contributed by atoms with Crippen LogP contribution in [0.3, 0.4) is 0 Å². The van der Waals surface area contributed by atoms with Gasteiger partial charge in [-0.3, -0.25) is 9.59 Å². The molecule has 2 N–H and O–H groups in total. The van der Waals surface area contributed by atoms with Crippen molar-refractivity contribution >= 4 is 23.2 Å². The monoisotopic (exact) mass is 406 g/mol. The van der Waals surface area contributed by atoms with Gasteiger partial charge in [0.15, 0.2) is 6.61 Å². The highest BCUT2D eigenvalue weighted by Gasteiger charge is 2.12. The van der Waals surface area contributed by atoms with E-state index in [1.165, 1.54) is 7.11 Å². The Labute approximate surface area is 174 Å². The molecule has 30 heavy (non-hydrogen) atoms. The Bertz CT molecular complexity index is 1000. The minimum Gasteiger partial charge on any atom is -0.497 e. The number of ether oxygens (including phenoxy) is 3. The van der Waals surface area contributed by atoms with Crippen LogP contribution in [0.15, 0.2) is 72.8 Å². The fraction of sp³-hybridized carbons (Fsp3) is 0.130. The number of methoxy groups -OCH3 is 2. The number of hydrogen-bond acceptors (Lipinski definition) is 5. The number of carbonyl (C=O) groups is 2. The molecule has 0 aliphatic heterocycles. The second-order valence-electron chi connectivity index (χ2n) is 6.25. The molecular weight excluding hydrogens is 384 g/mol. The summed E-state index contributed by atoms with van der Waals surface area (Å²) in [7, 11) is 3.09. The minimum absolute atomic E-state index is 0.163. The van der Waals surface area contributed by atoms with Crippen molar-refractivity contribution in [3.63, 3.8) is 0 Å². The first-order chi connectivity index (χ1) is 14.6. The van der Waals surface area contributed by atoms with Gasteiger partial charge in [-0.15, -0.1) is 0 Å². The lowest BCUT2D eigenvalue weighted by Crippen LogP contribution is -2.20. The third-order valence-corrected chi connectivity index (χ3v) is 4.20. The van der Waals surface area contributed by atoms with E-state index in [1.54, 1.807) is 73.8 Å². The van der Waals surface area contributed by atoms with Gasteiger partial charge in [-0.25, -0.2) is 0 Å². The maximum Gasteiger partial charge on any atom is 0.262 e. The van der Waals surface area contributed by atoms with E-state index in [0.717, 1.165) is 0 Å². The molecule has 2 amide bonds. The Morgan fingerprint density at radius 2 is 1.50 bits per heavy atom. The first kappa shape index (κ1) is 20.7. The molecule has 7 nitrogen and oxygen atoms in total. The van der Waals surface area contributed by atoms with Crippen LogP contribution in [0.5, 0.6) is 17.2 Å². The quantitative estimate of drug-likeness (QED) is 0.591. The topological polar surface area (TPSA) is 85.9 Å². The maximum atomic E-state index is 12.4. The van der Waals surface area contributed by atoms with Crippen LogP contribution in [0.4, 0.5) is 11.4 Å². The van der Waals surface area contributed by atoms with E-state index in [1.807, 2.05) is 6.07 Å². The molecule has 3 rings (SSSR count). The molecule has 154 valence electrons. The van der Waals surface area contributed by atoms with Crippen LogP contribution in [-0.2, 0) is 4.79 Å². The molecule has 0 radical (unpaired) electrons. The van der Waals surface area contributed by atoms with Crippen LogP contribution in [0.2, 0.25) is 0 Å². The number of nitrogens with one attached hydrogen (secondary N) is 2. The summed E-state index contributed by atoms with van der Waals surface area (Å²) in [6.07, 6.45) is 0. The highest BCUT2D eigenvalue weighted by Crippen LogP contribution is 2.28. The van der Waals surface area contributed by atoms with Crippen LogP contribution >= 0.6 is 0 Å². The van der Waals surface area contributed by atoms with Gasteiger partial charge in [0.25, 0.3) is 11.8 Å². The predicted octanol–water partition coefficient (Wildman–Crippen LogP) is 3.97. The van der Waals surface area contributed by atoms with E-state index < -0.39 is 0 Å². The van der Waals surface area contributed by atoms with E-state index in [9.17, 15) is 9.59 Å². The van der Waals surface area contributed by atoms with Crippen molar-refractivity contribution in [3.05, 3.63) is 78.4 Å². The summed E-state index contributed by atoms with van der Waals surface area (Å²) < 4.78 is 15.9. The summed E-state index contributed by atoms with van der Waals surface area (Å²) >= 11 is 0. The van der Waals surface area contributed by atoms with Crippen molar-refractivity contribution in [1.82, 2.24) is 0 Å². The van der Waals surface area contributed by atoms with Crippen molar-refractivity contribution in [2.45, 2.75) is 0 Å². The van der Waals surface area contributed by atoms with Gasteiger partial charge >= 0.3 is 0 Å². The number of hydrogen-bond donors (Lipinski definition) is 2. The summed E-state index contributed by atoms with van der Waals surface area (Å²) in [6, 6.07) is 20.7. The van der Waals surface area contributed by atoms with E-state index >= 15 is 0 Å². The second kappa shape index (κ2) is 9.97. The van der Waals surface area contributed by atoms with Gasteiger partial charge in [0, 0.05) is 11.3 Å². The zero-order valence-electron chi connectivity index (χ0n) is 16.7. The van der Waals surface area contributed by atoms with Crippen LogP contribution in [0.1, 0.15) is 10.4 Å². The number of carbonyl (C=O) groups excluding carboxylic acids is 2. The molecule has 0 saturated carbocycles. The Hall–Kier alpha value is -4.00. The summed E-state index contributed by atoms with van der Waals surface area (Å²) in [6.45, 7) is -0.163. The number of benzene rings is 3. The largest absolute Gasteiger partial charge is 0.497 e. The summed E-state index contributed by atoms with van der Waals surface area (Å²) in [5.74, 6) is 1.12. The molecule has 3 aromatic rings. The van der Waals surface area contributed by atoms with Gasteiger partial charge in [0.2, 0.25) is 0 Å². The lowest BCUT2D eigenvalue weighted by atomic mass is 10.2. The third-order valence-electron chi connectivity index (χ3n) is 4.20. The lowest BCUT2D eigenvalue weighted by molar-refractivity contribution is -0.118. The number of rotatable bonds is 8. The van der Waals surface area contributed by atoms with E-state index in [0.29, 0.717) is 34.2 Å². The van der Waals surface area contributed by atoms with Gasteiger partial charge in [-0.05, 0) is 54.6 Å². The third kappa shape index (κ3) is 5.51.